The van der Waals surface area contributed by atoms with Crippen molar-refractivity contribution in [2.75, 3.05) is 0 Å². The quantitative estimate of drug-likeness (QED) is 0.311. The van der Waals surface area contributed by atoms with Gasteiger partial charge in [-0.25, -0.2) is 0 Å². The van der Waals surface area contributed by atoms with E-state index in [0.29, 0.717) is 22.7 Å². The molecule has 4 fully saturated rings. The molecule has 0 N–H and O–H groups in total. The molecule has 32 heavy (non-hydrogen) atoms. The molecule has 5 aliphatic rings. The summed E-state index contributed by atoms with van der Waals surface area (Å²) in [5.74, 6) is 4.80. The summed E-state index contributed by atoms with van der Waals surface area (Å²) < 4.78 is 6.90. The van der Waals surface area contributed by atoms with Crippen LogP contribution in [0.2, 0.25) is 18.1 Å². The number of hydrogen-bond donors (Lipinski definition) is 0. The number of carbonyl (C=O) groups is 1. The molecule has 5 rings (SSSR count). The van der Waals surface area contributed by atoms with E-state index in [-0.39, 0.29) is 5.04 Å². The third kappa shape index (κ3) is 3.46. The summed E-state index contributed by atoms with van der Waals surface area (Å²) in [7, 11) is -1.71. The monoisotopic (exact) mass is 456 g/mol. The highest BCUT2D eigenvalue weighted by Gasteiger charge is 2.60. The van der Waals surface area contributed by atoms with E-state index in [0.717, 1.165) is 42.4 Å². The van der Waals surface area contributed by atoms with Crippen molar-refractivity contribution in [1.29, 1.82) is 0 Å². The first kappa shape index (κ1) is 23.3. The molecule has 3 heteroatoms. The summed E-state index contributed by atoms with van der Waals surface area (Å²) in [6.45, 7) is 17.1. The van der Waals surface area contributed by atoms with Gasteiger partial charge in [0.05, 0.1) is 0 Å². The Labute approximate surface area is 198 Å². The molecule has 0 amide bonds. The molecular weight excluding hydrogens is 408 g/mol. The fraction of sp³-hybridized carbons (Fsp3) is 0.897. The number of hydrogen-bond acceptors (Lipinski definition) is 2. The fourth-order valence-corrected chi connectivity index (χ4v) is 10.3. The highest BCUT2D eigenvalue weighted by Crippen LogP contribution is 2.67. The lowest BCUT2D eigenvalue weighted by Crippen LogP contribution is -2.47. The van der Waals surface area contributed by atoms with E-state index >= 15 is 0 Å². The number of Topliss-reactive ketones (excluding diaryl/α,β-unsaturated/α-hetero) is 1. The molecule has 0 bridgehead atoms. The van der Waals surface area contributed by atoms with Gasteiger partial charge in [0.15, 0.2) is 8.32 Å². The van der Waals surface area contributed by atoms with Crippen molar-refractivity contribution in [2.24, 2.45) is 40.4 Å². The van der Waals surface area contributed by atoms with Crippen molar-refractivity contribution >= 4 is 14.1 Å². The largest absolute Gasteiger partial charge is 0.414 e. The van der Waals surface area contributed by atoms with Gasteiger partial charge in [0.1, 0.15) is 5.78 Å². The Kier molecular flexibility index (Phi) is 5.50. The van der Waals surface area contributed by atoms with Crippen molar-refractivity contribution < 1.29 is 9.22 Å². The zero-order chi connectivity index (χ0) is 23.1. The molecule has 8 atom stereocenters. The zero-order valence-corrected chi connectivity index (χ0v) is 22.9. The van der Waals surface area contributed by atoms with Gasteiger partial charge in [-0.05, 0) is 110 Å². The van der Waals surface area contributed by atoms with Crippen LogP contribution in [0.3, 0.4) is 0 Å². The minimum atomic E-state index is -1.71. The molecule has 180 valence electrons. The maximum Gasteiger partial charge on any atom is 0.192 e. The minimum Gasteiger partial charge on any atom is -0.414 e. The van der Waals surface area contributed by atoms with E-state index < -0.39 is 8.32 Å². The summed E-state index contributed by atoms with van der Waals surface area (Å²) in [5.41, 5.74) is 2.49. The predicted molar refractivity (Wildman–Crippen MR) is 135 cm³/mol. The van der Waals surface area contributed by atoms with Crippen LogP contribution < -0.4 is 0 Å². The van der Waals surface area contributed by atoms with Crippen molar-refractivity contribution in [1.82, 2.24) is 0 Å². The van der Waals surface area contributed by atoms with Gasteiger partial charge in [-0.3, -0.25) is 4.79 Å². The van der Waals surface area contributed by atoms with Crippen LogP contribution in [0.25, 0.3) is 0 Å². The topological polar surface area (TPSA) is 26.3 Å². The Morgan fingerprint density at radius 3 is 2.47 bits per heavy atom. The molecule has 0 heterocycles. The second kappa shape index (κ2) is 7.54. The Hall–Kier alpha value is -0.413. The molecule has 0 saturated heterocycles. The molecular formula is C29H48O2Si. The van der Waals surface area contributed by atoms with E-state index in [9.17, 15) is 4.79 Å². The summed E-state index contributed by atoms with van der Waals surface area (Å²) in [4.78, 5) is 12.2. The van der Waals surface area contributed by atoms with Crippen molar-refractivity contribution in [3.63, 3.8) is 0 Å². The van der Waals surface area contributed by atoms with Gasteiger partial charge < -0.3 is 4.43 Å². The number of carbonyl (C=O) groups excluding carboxylic acids is 1. The van der Waals surface area contributed by atoms with E-state index in [1.807, 2.05) is 0 Å². The standard InChI is InChI=1S/C29H48O2Si/c1-19-25-17-26-24(23(25)12-15-29(19)14-10-21(30)18-29)9-8-20-16-22(11-13-28(20,26)5)31-32(6,7)27(2,3)4/h8,19,22-26H,9-18H2,1-7H3/t19?,22-,23-,24-,25-,26-,28-,29-/m0/s1. The summed E-state index contributed by atoms with van der Waals surface area (Å²) >= 11 is 0. The molecule has 2 nitrogen and oxygen atoms in total. The predicted octanol–water partition coefficient (Wildman–Crippen LogP) is 7.93. The minimum absolute atomic E-state index is 0.286. The van der Waals surface area contributed by atoms with Crippen LogP contribution in [0, 0.1) is 40.4 Å². The average Bonchev–Trinajstić information content (AvgIpc) is 3.27. The molecule has 1 spiro atoms. The van der Waals surface area contributed by atoms with E-state index in [1.54, 1.807) is 5.57 Å². The van der Waals surface area contributed by atoms with Crippen LogP contribution in [0.15, 0.2) is 11.6 Å². The van der Waals surface area contributed by atoms with Crippen LogP contribution in [-0.4, -0.2) is 20.2 Å². The van der Waals surface area contributed by atoms with Gasteiger partial charge >= 0.3 is 0 Å². The Balaban J connectivity index is 1.32. The number of ketones is 1. The third-order valence-corrected chi connectivity index (χ3v) is 16.6. The zero-order valence-electron chi connectivity index (χ0n) is 21.9. The average molecular weight is 457 g/mol. The lowest BCUT2D eigenvalue weighted by Gasteiger charge is -2.51. The highest BCUT2D eigenvalue weighted by atomic mass is 28.4. The van der Waals surface area contributed by atoms with Gasteiger partial charge in [0, 0.05) is 18.9 Å². The van der Waals surface area contributed by atoms with Gasteiger partial charge in [-0.1, -0.05) is 46.3 Å². The normalized spacial score (nSPS) is 46.6. The fourth-order valence-electron chi connectivity index (χ4n) is 8.94. The second-order valence-corrected chi connectivity index (χ2v) is 19.1. The maximum atomic E-state index is 12.2. The van der Waals surface area contributed by atoms with Crippen LogP contribution in [0.1, 0.15) is 98.8 Å². The second-order valence-electron chi connectivity index (χ2n) is 14.4. The first-order valence-corrected chi connectivity index (χ1v) is 16.7. The third-order valence-electron chi connectivity index (χ3n) is 12.1. The number of fused-ring (bicyclic) bond motifs is 5. The van der Waals surface area contributed by atoms with Crippen LogP contribution in [-0.2, 0) is 9.22 Å². The molecule has 0 aromatic rings. The molecule has 5 aliphatic carbocycles. The van der Waals surface area contributed by atoms with Gasteiger partial charge in [0.2, 0.25) is 0 Å². The molecule has 0 aromatic heterocycles. The molecule has 4 saturated carbocycles. The summed E-state index contributed by atoms with van der Waals surface area (Å²) in [6, 6.07) is 0. The highest BCUT2D eigenvalue weighted by molar-refractivity contribution is 6.74. The Morgan fingerprint density at radius 1 is 1.06 bits per heavy atom. The number of allylic oxidation sites excluding steroid dienone is 1. The smallest absolute Gasteiger partial charge is 0.192 e. The Bertz CT molecular complexity index is 806. The van der Waals surface area contributed by atoms with E-state index in [4.69, 9.17) is 4.43 Å². The lowest BCUT2D eigenvalue weighted by atomic mass is 9.56. The molecule has 0 aromatic carbocycles. The first-order valence-electron chi connectivity index (χ1n) is 13.8. The van der Waals surface area contributed by atoms with Crippen LogP contribution in [0.4, 0.5) is 0 Å². The van der Waals surface area contributed by atoms with Crippen molar-refractivity contribution in [3.8, 4) is 0 Å². The molecule has 0 radical (unpaired) electrons. The maximum absolute atomic E-state index is 12.2. The molecule has 0 aliphatic heterocycles. The van der Waals surface area contributed by atoms with Gasteiger partial charge in [0.25, 0.3) is 0 Å². The Morgan fingerprint density at radius 2 is 1.81 bits per heavy atom. The van der Waals surface area contributed by atoms with Gasteiger partial charge in [-0.15, -0.1) is 0 Å². The lowest BCUT2D eigenvalue weighted by molar-refractivity contribution is -0.118. The van der Waals surface area contributed by atoms with Crippen molar-refractivity contribution in [2.45, 2.75) is 123 Å². The van der Waals surface area contributed by atoms with E-state index in [2.05, 4.69) is 53.8 Å². The SMILES string of the molecule is CC1[C@@H]2C[C@H]3[C@@H](CC=C4C[C@@H](O[Si](C)(C)C(C)(C)C)CC[C@@]43C)[C@@H]2CC[C@]12CCC(=O)C2. The van der Waals surface area contributed by atoms with Gasteiger partial charge in [-0.2, -0.15) is 0 Å². The molecule has 1 unspecified atom stereocenters. The summed E-state index contributed by atoms with van der Waals surface area (Å²) in [6.07, 6.45) is 15.2. The number of rotatable bonds is 2. The summed E-state index contributed by atoms with van der Waals surface area (Å²) in [5, 5.41) is 0.286. The van der Waals surface area contributed by atoms with E-state index in [1.165, 1.54) is 51.4 Å². The first-order chi connectivity index (χ1) is 14.9. The van der Waals surface area contributed by atoms with Crippen LogP contribution >= 0.6 is 0 Å². The van der Waals surface area contributed by atoms with Crippen LogP contribution in [0.5, 0.6) is 0 Å². The van der Waals surface area contributed by atoms with Crippen molar-refractivity contribution in [3.05, 3.63) is 11.6 Å².